The van der Waals surface area contributed by atoms with Crippen LogP contribution in [0.15, 0.2) is 17.3 Å². The van der Waals surface area contributed by atoms with Gasteiger partial charge < -0.3 is 5.32 Å². The van der Waals surface area contributed by atoms with Gasteiger partial charge in [0.15, 0.2) is 0 Å². The zero-order chi connectivity index (χ0) is 12.2. The number of hydrogen-bond donors (Lipinski definition) is 1. The highest BCUT2D eigenvalue weighted by Crippen LogP contribution is 2.21. The van der Waals surface area contributed by atoms with E-state index < -0.39 is 12.7 Å². The topological polar surface area (TPSA) is 29.9 Å². The Bertz CT molecular complexity index is 324. The summed E-state index contributed by atoms with van der Waals surface area (Å²) in [4.78, 5) is 0.962. The van der Waals surface area contributed by atoms with Crippen LogP contribution in [-0.2, 0) is 7.05 Å². The number of aryl methyl sites for hydroxylation is 1. The van der Waals surface area contributed by atoms with Crippen LogP contribution in [0.4, 0.5) is 13.2 Å². The lowest BCUT2D eigenvalue weighted by atomic mass is 10.4. The molecule has 0 bridgehead atoms. The van der Waals surface area contributed by atoms with E-state index in [4.69, 9.17) is 0 Å². The van der Waals surface area contributed by atoms with Gasteiger partial charge in [0.2, 0.25) is 0 Å². The predicted octanol–water partition coefficient (Wildman–Crippen LogP) is 2.05. The maximum absolute atomic E-state index is 11.9. The fourth-order valence-electron chi connectivity index (χ4n) is 1.15. The number of alkyl halides is 3. The Morgan fingerprint density at radius 1 is 1.56 bits per heavy atom. The van der Waals surface area contributed by atoms with Crippen molar-refractivity contribution in [3.05, 3.63) is 12.4 Å². The number of thioether (sulfide) groups is 1. The molecule has 0 aliphatic heterocycles. The van der Waals surface area contributed by atoms with Crippen LogP contribution in [0.2, 0.25) is 0 Å². The van der Waals surface area contributed by atoms with Crippen molar-refractivity contribution in [3.63, 3.8) is 0 Å². The Morgan fingerprint density at radius 3 is 2.75 bits per heavy atom. The third-order valence-electron chi connectivity index (χ3n) is 1.78. The summed E-state index contributed by atoms with van der Waals surface area (Å²) in [5.41, 5.74) is 0. The summed E-state index contributed by atoms with van der Waals surface area (Å²) < 4.78 is 37.2. The zero-order valence-electron chi connectivity index (χ0n) is 9.08. The van der Waals surface area contributed by atoms with Gasteiger partial charge in [0, 0.05) is 29.9 Å². The molecule has 0 radical (unpaired) electrons. The van der Waals surface area contributed by atoms with Crippen LogP contribution in [0.5, 0.6) is 0 Å². The average molecular weight is 253 g/mol. The van der Waals surface area contributed by atoms with Gasteiger partial charge in [-0.05, 0) is 0 Å². The number of aromatic nitrogens is 2. The molecule has 92 valence electrons. The van der Waals surface area contributed by atoms with Crippen LogP contribution >= 0.6 is 11.8 Å². The molecule has 0 saturated heterocycles. The molecule has 0 aliphatic rings. The molecule has 0 fully saturated rings. The Kier molecular flexibility index (Phi) is 4.67. The van der Waals surface area contributed by atoms with E-state index in [9.17, 15) is 13.2 Å². The molecule has 0 aliphatic carbocycles. The van der Waals surface area contributed by atoms with E-state index in [0.717, 1.165) is 4.90 Å². The second-order valence-electron chi connectivity index (χ2n) is 3.52. The predicted molar refractivity (Wildman–Crippen MR) is 57.5 cm³/mol. The van der Waals surface area contributed by atoms with Crippen molar-refractivity contribution >= 4 is 11.8 Å². The van der Waals surface area contributed by atoms with E-state index in [2.05, 4.69) is 10.4 Å². The maximum atomic E-state index is 11.9. The van der Waals surface area contributed by atoms with Gasteiger partial charge in [-0.3, -0.25) is 4.68 Å². The van der Waals surface area contributed by atoms with Gasteiger partial charge >= 0.3 is 6.18 Å². The second-order valence-corrected chi connectivity index (χ2v) is 5.04. The summed E-state index contributed by atoms with van der Waals surface area (Å²) in [6.45, 7) is 1.26. The van der Waals surface area contributed by atoms with Gasteiger partial charge in [-0.25, -0.2) is 0 Å². The maximum Gasteiger partial charge on any atom is 0.401 e. The molecule has 1 aromatic heterocycles. The summed E-state index contributed by atoms with van der Waals surface area (Å²) in [7, 11) is 1.80. The molecular formula is C9H14F3N3S. The average Bonchev–Trinajstić information content (AvgIpc) is 2.48. The van der Waals surface area contributed by atoms with Crippen molar-refractivity contribution in [2.24, 2.45) is 7.05 Å². The van der Waals surface area contributed by atoms with Gasteiger partial charge in [-0.15, -0.1) is 11.8 Å². The number of nitrogens with one attached hydrogen (secondary N) is 1. The molecule has 1 heterocycles. The summed E-state index contributed by atoms with van der Waals surface area (Å²) in [5, 5.41) is 6.44. The zero-order valence-corrected chi connectivity index (χ0v) is 9.90. The number of hydrogen-bond acceptors (Lipinski definition) is 3. The Hall–Kier alpha value is -0.690. The highest BCUT2D eigenvalue weighted by atomic mass is 32.2. The highest BCUT2D eigenvalue weighted by molar-refractivity contribution is 8.00. The van der Waals surface area contributed by atoms with Gasteiger partial charge in [0.1, 0.15) is 0 Å². The minimum absolute atomic E-state index is 0.0755. The highest BCUT2D eigenvalue weighted by Gasteiger charge is 2.26. The number of halogens is 3. The van der Waals surface area contributed by atoms with E-state index in [0.29, 0.717) is 6.54 Å². The van der Waals surface area contributed by atoms with Crippen LogP contribution < -0.4 is 5.32 Å². The molecule has 1 N–H and O–H groups in total. The van der Waals surface area contributed by atoms with E-state index in [1.54, 1.807) is 17.9 Å². The third kappa shape index (κ3) is 5.41. The van der Waals surface area contributed by atoms with Crippen LogP contribution in [0.1, 0.15) is 6.92 Å². The van der Waals surface area contributed by atoms with Crippen LogP contribution in [-0.4, -0.2) is 34.3 Å². The molecule has 1 aromatic rings. The van der Waals surface area contributed by atoms with Gasteiger partial charge in [-0.1, -0.05) is 6.92 Å². The lowest BCUT2D eigenvalue weighted by Crippen LogP contribution is -2.32. The fraction of sp³-hybridized carbons (Fsp3) is 0.667. The molecule has 3 nitrogen and oxygen atoms in total. The van der Waals surface area contributed by atoms with Crippen LogP contribution in [0, 0.1) is 0 Å². The standard InChI is InChI=1S/C9H14F3N3S/c1-7(3-13-6-9(10,11)12)16-8-4-14-15(2)5-8/h4-5,7,13H,3,6H2,1-2H3. The van der Waals surface area contributed by atoms with E-state index in [-0.39, 0.29) is 5.25 Å². The van der Waals surface area contributed by atoms with Crippen molar-refractivity contribution in [1.29, 1.82) is 0 Å². The summed E-state index contributed by atoms with van der Waals surface area (Å²) >= 11 is 1.50. The lowest BCUT2D eigenvalue weighted by Gasteiger charge is -2.12. The molecule has 16 heavy (non-hydrogen) atoms. The van der Waals surface area contributed by atoms with Gasteiger partial charge in [-0.2, -0.15) is 18.3 Å². The quantitative estimate of drug-likeness (QED) is 0.815. The molecule has 0 amide bonds. The number of rotatable bonds is 5. The minimum Gasteiger partial charge on any atom is -0.308 e. The second kappa shape index (κ2) is 5.58. The van der Waals surface area contributed by atoms with Gasteiger partial charge in [0.25, 0.3) is 0 Å². The number of nitrogens with zero attached hydrogens (tertiary/aromatic N) is 2. The molecule has 1 rings (SSSR count). The third-order valence-corrected chi connectivity index (χ3v) is 2.83. The van der Waals surface area contributed by atoms with E-state index >= 15 is 0 Å². The lowest BCUT2D eigenvalue weighted by molar-refractivity contribution is -0.124. The minimum atomic E-state index is -4.14. The Morgan fingerprint density at radius 2 is 2.25 bits per heavy atom. The van der Waals surface area contributed by atoms with E-state index in [1.165, 1.54) is 11.8 Å². The normalized spacial score (nSPS) is 14.1. The first-order valence-corrected chi connectivity index (χ1v) is 5.67. The van der Waals surface area contributed by atoms with Crippen molar-refractivity contribution in [2.75, 3.05) is 13.1 Å². The first-order chi connectivity index (χ1) is 7.37. The van der Waals surface area contributed by atoms with Crippen LogP contribution in [0.3, 0.4) is 0 Å². The Labute approximate surface area is 96.4 Å². The molecule has 1 atom stereocenters. The summed E-state index contributed by atoms with van der Waals surface area (Å²) in [6, 6.07) is 0. The largest absolute Gasteiger partial charge is 0.401 e. The van der Waals surface area contributed by atoms with Crippen LogP contribution in [0.25, 0.3) is 0 Å². The molecule has 1 unspecified atom stereocenters. The monoisotopic (exact) mass is 253 g/mol. The first-order valence-electron chi connectivity index (χ1n) is 4.79. The smallest absolute Gasteiger partial charge is 0.308 e. The molecule has 0 saturated carbocycles. The summed E-state index contributed by atoms with van der Waals surface area (Å²) in [6.07, 6.45) is -0.603. The van der Waals surface area contributed by atoms with Crippen molar-refractivity contribution in [2.45, 2.75) is 23.2 Å². The summed E-state index contributed by atoms with van der Waals surface area (Å²) in [5.74, 6) is 0. The van der Waals surface area contributed by atoms with Crippen molar-refractivity contribution < 1.29 is 13.2 Å². The van der Waals surface area contributed by atoms with Gasteiger partial charge in [0.05, 0.1) is 12.7 Å². The Balaban J connectivity index is 2.23. The SMILES string of the molecule is CC(CNCC(F)(F)F)Sc1cnn(C)c1. The van der Waals surface area contributed by atoms with E-state index in [1.807, 2.05) is 13.1 Å². The molecule has 0 spiro atoms. The fourth-order valence-corrected chi connectivity index (χ4v) is 2.14. The molecule has 0 aromatic carbocycles. The molecular weight excluding hydrogens is 239 g/mol. The van der Waals surface area contributed by atoms with Crippen molar-refractivity contribution in [3.8, 4) is 0 Å². The first kappa shape index (κ1) is 13.4. The molecule has 7 heteroatoms. The van der Waals surface area contributed by atoms with Crippen molar-refractivity contribution in [1.82, 2.24) is 15.1 Å².